The molecule has 0 spiro atoms. The highest BCUT2D eigenvalue weighted by Crippen LogP contribution is 2.22. The van der Waals surface area contributed by atoms with Crippen molar-refractivity contribution in [3.63, 3.8) is 0 Å². The Kier molecular flexibility index (Phi) is 6.61. The molecule has 1 fully saturated rings. The smallest absolute Gasteiger partial charge is 0.0589 e. The molecule has 0 unspecified atom stereocenters. The average molecular weight is 256 g/mol. The molecule has 0 atom stereocenters. The number of hydrogen-bond acceptors (Lipinski definition) is 3. The van der Waals surface area contributed by atoms with E-state index in [9.17, 15) is 0 Å². The second kappa shape index (κ2) is 7.46. The maximum absolute atomic E-state index is 5.22. The van der Waals surface area contributed by atoms with Gasteiger partial charge in [0.15, 0.2) is 0 Å². The van der Waals surface area contributed by atoms with Gasteiger partial charge in [0.25, 0.3) is 0 Å². The van der Waals surface area contributed by atoms with E-state index in [0.717, 1.165) is 38.8 Å². The highest BCUT2D eigenvalue weighted by atomic mass is 16.5. The molecule has 0 saturated heterocycles. The number of ether oxygens (including phenoxy) is 1. The fourth-order valence-electron chi connectivity index (χ4n) is 2.34. The Morgan fingerprint density at radius 1 is 1.33 bits per heavy atom. The third-order valence-electron chi connectivity index (χ3n) is 3.33. The minimum atomic E-state index is 0.339. The first-order valence-corrected chi connectivity index (χ1v) is 7.37. The quantitative estimate of drug-likeness (QED) is 0.649. The van der Waals surface area contributed by atoms with Crippen LogP contribution in [-0.4, -0.2) is 50.8 Å². The molecule has 0 aromatic heterocycles. The Balaban J connectivity index is 2.34. The van der Waals surface area contributed by atoms with Gasteiger partial charge in [-0.1, -0.05) is 27.7 Å². The van der Waals surface area contributed by atoms with Crippen molar-refractivity contribution in [2.75, 3.05) is 39.9 Å². The highest BCUT2D eigenvalue weighted by Gasteiger charge is 2.26. The molecule has 18 heavy (non-hydrogen) atoms. The molecule has 0 amide bonds. The number of rotatable bonds is 10. The van der Waals surface area contributed by atoms with Crippen molar-refractivity contribution < 1.29 is 4.74 Å². The molecule has 3 heteroatoms. The van der Waals surface area contributed by atoms with Crippen LogP contribution in [0.3, 0.4) is 0 Å². The van der Waals surface area contributed by atoms with E-state index in [4.69, 9.17) is 4.74 Å². The van der Waals surface area contributed by atoms with Crippen molar-refractivity contribution >= 4 is 0 Å². The molecular weight excluding hydrogens is 224 g/mol. The van der Waals surface area contributed by atoms with Gasteiger partial charge >= 0.3 is 0 Å². The highest BCUT2D eigenvalue weighted by molar-refractivity contribution is 4.85. The SMILES string of the molecule is COCCN(CC(C)C)CC(C)(C)CNC1CC1. The molecule has 1 rings (SSSR count). The van der Waals surface area contributed by atoms with Crippen LogP contribution in [-0.2, 0) is 4.74 Å². The van der Waals surface area contributed by atoms with E-state index in [0.29, 0.717) is 11.3 Å². The summed E-state index contributed by atoms with van der Waals surface area (Å²) in [6, 6.07) is 0.807. The largest absolute Gasteiger partial charge is 0.383 e. The van der Waals surface area contributed by atoms with E-state index in [2.05, 4.69) is 37.9 Å². The standard InChI is InChI=1S/C15H32N2O/c1-13(2)10-17(8-9-18-5)12-15(3,4)11-16-14-6-7-14/h13-14,16H,6-12H2,1-5H3. The number of hydrogen-bond donors (Lipinski definition) is 1. The van der Waals surface area contributed by atoms with Gasteiger partial charge < -0.3 is 15.0 Å². The Labute approximate surface area is 113 Å². The molecule has 0 aromatic carbocycles. The Bertz CT molecular complexity index is 225. The van der Waals surface area contributed by atoms with Gasteiger partial charge in [0.2, 0.25) is 0 Å². The van der Waals surface area contributed by atoms with E-state index in [1.54, 1.807) is 7.11 Å². The van der Waals surface area contributed by atoms with E-state index < -0.39 is 0 Å². The summed E-state index contributed by atoms with van der Waals surface area (Å²) in [7, 11) is 1.79. The summed E-state index contributed by atoms with van der Waals surface area (Å²) in [6.07, 6.45) is 2.74. The number of methoxy groups -OCH3 is 1. The lowest BCUT2D eigenvalue weighted by Gasteiger charge is -2.34. The van der Waals surface area contributed by atoms with Crippen molar-refractivity contribution in [1.82, 2.24) is 10.2 Å². The Morgan fingerprint density at radius 3 is 2.50 bits per heavy atom. The lowest BCUT2D eigenvalue weighted by molar-refractivity contribution is 0.108. The Hall–Kier alpha value is -0.120. The van der Waals surface area contributed by atoms with Crippen LogP contribution in [0, 0.1) is 11.3 Å². The normalized spacial score (nSPS) is 16.8. The van der Waals surface area contributed by atoms with Gasteiger partial charge in [0, 0.05) is 39.3 Å². The van der Waals surface area contributed by atoms with E-state index in [-0.39, 0.29) is 0 Å². The summed E-state index contributed by atoms with van der Waals surface area (Å²) in [5, 5.41) is 3.65. The van der Waals surface area contributed by atoms with Crippen LogP contribution < -0.4 is 5.32 Å². The van der Waals surface area contributed by atoms with Crippen molar-refractivity contribution in [3.05, 3.63) is 0 Å². The lowest BCUT2D eigenvalue weighted by atomic mass is 9.92. The van der Waals surface area contributed by atoms with Crippen LogP contribution in [0.15, 0.2) is 0 Å². The summed E-state index contributed by atoms with van der Waals surface area (Å²) in [4.78, 5) is 2.54. The molecular formula is C15H32N2O. The van der Waals surface area contributed by atoms with Crippen LogP contribution in [0.4, 0.5) is 0 Å². The molecule has 1 saturated carbocycles. The molecule has 0 heterocycles. The maximum atomic E-state index is 5.22. The predicted octanol–water partition coefficient (Wildman–Crippen LogP) is 2.37. The fourth-order valence-corrected chi connectivity index (χ4v) is 2.34. The lowest BCUT2D eigenvalue weighted by Crippen LogP contribution is -2.43. The summed E-state index contributed by atoms with van der Waals surface area (Å²) in [5.74, 6) is 0.717. The molecule has 1 N–H and O–H groups in total. The van der Waals surface area contributed by atoms with Crippen LogP contribution >= 0.6 is 0 Å². The van der Waals surface area contributed by atoms with Crippen molar-refractivity contribution in [2.24, 2.45) is 11.3 Å². The van der Waals surface area contributed by atoms with Crippen molar-refractivity contribution in [3.8, 4) is 0 Å². The van der Waals surface area contributed by atoms with Gasteiger partial charge in [0.05, 0.1) is 6.61 Å². The molecule has 3 nitrogen and oxygen atoms in total. The van der Waals surface area contributed by atoms with Crippen LogP contribution in [0.1, 0.15) is 40.5 Å². The zero-order valence-electron chi connectivity index (χ0n) is 13.0. The van der Waals surface area contributed by atoms with E-state index in [1.807, 2.05) is 0 Å². The van der Waals surface area contributed by atoms with Crippen LogP contribution in [0.5, 0.6) is 0 Å². The number of nitrogens with one attached hydrogen (secondary N) is 1. The predicted molar refractivity (Wildman–Crippen MR) is 78.0 cm³/mol. The Morgan fingerprint density at radius 2 is 2.00 bits per heavy atom. The van der Waals surface area contributed by atoms with Crippen LogP contribution in [0.2, 0.25) is 0 Å². The molecule has 108 valence electrons. The fraction of sp³-hybridized carbons (Fsp3) is 1.00. The maximum Gasteiger partial charge on any atom is 0.0589 e. The molecule has 1 aliphatic carbocycles. The monoisotopic (exact) mass is 256 g/mol. The van der Waals surface area contributed by atoms with Gasteiger partial charge in [-0.25, -0.2) is 0 Å². The first-order chi connectivity index (χ1) is 8.43. The molecule has 0 radical (unpaired) electrons. The minimum Gasteiger partial charge on any atom is -0.383 e. The van der Waals surface area contributed by atoms with Crippen molar-refractivity contribution in [2.45, 2.75) is 46.6 Å². The summed E-state index contributed by atoms with van der Waals surface area (Å²) >= 11 is 0. The summed E-state index contributed by atoms with van der Waals surface area (Å²) < 4.78 is 5.22. The van der Waals surface area contributed by atoms with Gasteiger partial charge in [-0.2, -0.15) is 0 Å². The summed E-state index contributed by atoms with van der Waals surface area (Å²) in [6.45, 7) is 14.6. The van der Waals surface area contributed by atoms with E-state index in [1.165, 1.54) is 12.8 Å². The molecule has 1 aliphatic rings. The molecule has 0 bridgehead atoms. The molecule has 0 aromatic rings. The van der Waals surface area contributed by atoms with Crippen LogP contribution in [0.25, 0.3) is 0 Å². The number of nitrogens with zero attached hydrogens (tertiary/aromatic N) is 1. The van der Waals surface area contributed by atoms with E-state index >= 15 is 0 Å². The molecule has 0 aliphatic heterocycles. The zero-order valence-corrected chi connectivity index (χ0v) is 13.0. The van der Waals surface area contributed by atoms with Crippen molar-refractivity contribution in [1.29, 1.82) is 0 Å². The van der Waals surface area contributed by atoms with Gasteiger partial charge in [-0.15, -0.1) is 0 Å². The van der Waals surface area contributed by atoms with Gasteiger partial charge in [0.1, 0.15) is 0 Å². The first kappa shape index (κ1) is 15.9. The third-order valence-corrected chi connectivity index (χ3v) is 3.33. The first-order valence-electron chi connectivity index (χ1n) is 7.37. The average Bonchev–Trinajstić information content (AvgIpc) is 3.06. The topological polar surface area (TPSA) is 24.5 Å². The second-order valence-corrected chi connectivity index (χ2v) is 6.94. The third kappa shape index (κ3) is 7.34. The zero-order chi connectivity index (χ0) is 13.6. The summed E-state index contributed by atoms with van der Waals surface area (Å²) in [5.41, 5.74) is 0.339. The second-order valence-electron chi connectivity index (χ2n) is 6.94. The van der Waals surface area contributed by atoms with Gasteiger partial charge in [-0.05, 0) is 24.2 Å². The minimum absolute atomic E-state index is 0.339. The van der Waals surface area contributed by atoms with Gasteiger partial charge in [-0.3, -0.25) is 0 Å².